The molecule has 10 heteroatoms. The number of sulfonamides is 2. The molecule has 5 nitrogen and oxygen atoms in total. The van der Waals surface area contributed by atoms with Crippen molar-refractivity contribution in [2.45, 2.75) is 102 Å². The van der Waals surface area contributed by atoms with Crippen LogP contribution >= 0.6 is 0 Å². The topological polar surface area (TPSA) is 82.4 Å². The molecule has 0 saturated carbocycles. The molecular formula is C17H33F3NO4S2-. The monoisotopic (exact) mass is 436 g/mol. The van der Waals surface area contributed by atoms with Gasteiger partial charge in [-0.25, -0.2) is 16.8 Å². The van der Waals surface area contributed by atoms with Gasteiger partial charge in [-0.2, -0.15) is 13.2 Å². The van der Waals surface area contributed by atoms with Crippen LogP contribution in [0.1, 0.15) is 96.8 Å². The molecule has 0 amide bonds. The van der Waals surface area contributed by atoms with E-state index in [0.717, 1.165) is 25.7 Å². The van der Waals surface area contributed by atoms with Gasteiger partial charge in [0.25, 0.3) is 0 Å². The maximum atomic E-state index is 12.1. The molecule has 0 heterocycles. The van der Waals surface area contributed by atoms with Crippen LogP contribution in [-0.2, 0) is 20.0 Å². The van der Waals surface area contributed by atoms with Crippen LogP contribution in [0.2, 0.25) is 0 Å². The highest BCUT2D eigenvalue weighted by atomic mass is 32.3. The van der Waals surface area contributed by atoms with Gasteiger partial charge >= 0.3 is 5.51 Å². The van der Waals surface area contributed by atoms with Gasteiger partial charge in [0.05, 0.1) is 10.0 Å². The van der Waals surface area contributed by atoms with Crippen LogP contribution in [0.4, 0.5) is 13.2 Å². The van der Waals surface area contributed by atoms with E-state index in [0.29, 0.717) is 6.42 Å². The van der Waals surface area contributed by atoms with E-state index < -0.39 is 31.3 Å². The molecule has 0 rings (SSSR count). The Kier molecular flexibility index (Phi) is 13.6. The van der Waals surface area contributed by atoms with Crippen molar-refractivity contribution in [3.63, 3.8) is 0 Å². The van der Waals surface area contributed by atoms with E-state index in [1.54, 1.807) is 0 Å². The Bertz CT molecular complexity index is 575. The van der Waals surface area contributed by atoms with Crippen molar-refractivity contribution in [1.82, 2.24) is 0 Å². The minimum absolute atomic E-state index is 0.108. The second-order valence-corrected chi connectivity index (χ2v) is 10.5. The molecule has 0 N–H and O–H groups in total. The van der Waals surface area contributed by atoms with Gasteiger partial charge in [0.1, 0.15) is 0 Å². The summed E-state index contributed by atoms with van der Waals surface area (Å²) < 4.78 is 82.6. The number of halogens is 3. The number of unbranched alkanes of at least 4 members (excludes halogenated alkanes) is 13. The van der Waals surface area contributed by atoms with E-state index >= 15 is 0 Å². The number of nitrogens with zero attached hydrogens (tertiary/aromatic N) is 1. The molecule has 0 bridgehead atoms. The first-order chi connectivity index (χ1) is 12.5. The maximum Gasteiger partial charge on any atom is 0.480 e. The highest BCUT2D eigenvalue weighted by Gasteiger charge is 2.40. The number of hydrogen-bond donors (Lipinski definition) is 0. The fourth-order valence-corrected chi connectivity index (χ4v) is 5.11. The highest BCUT2D eigenvalue weighted by Crippen LogP contribution is 2.30. The molecule has 0 atom stereocenters. The van der Waals surface area contributed by atoms with Crippen molar-refractivity contribution >= 4 is 20.0 Å². The molecule has 0 aliphatic heterocycles. The largest absolute Gasteiger partial charge is 0.480 e. The summed E-state index contributed by atoms with van der Waals surface area (Å²) in [5.74, 6) is -0.680. The average molecular weight is 437 g/mol. The first kappa shape index (κ1) is 26.6. The summed E-state index contributed by atoms with van der Waals surface area (Å²) in [5.41, 5.74) is -5.68. The maximum absolute atomic E-state index is 12.1. The molecule has 0 radical (unpaired) electrons. The van der Waals surface area contributed by atoms with Crippen molar-refractivity contribution in [3.8, 4) is 0 Å². The Morgan fingerprint density at radius 2 is 0.963 bits per heavy atom. The lowest BCUT2D eigenvalue weighted by Gasteiger charge is -2.21. The summed E-state index contributed by atoms with van der Waals surface area (Å²) in [6.07, 6.45) is 14.7. The Labute approximate surface area is 162 Å². The summed E-state index contributed by atoms with van der Waals surface area (Å²) in [6.45, 7) is 2.20. The third-order valence-corrected chi connectivity index (χ3v) is 7.34. The van der Waals surface area contributed by atoms with E-state index in [-0.39, 0.29) is 6.42 Å². The molecule has 0 aliphatic carbocycles. The summed E-state index contributed by atoms with van der Waals surface area (Å²) >= 11 is 0. The third-order valence-electron chi connectivity index (χ3n) is 4.26. The van der Waals surface area contributed by atoms with Crippen LogP contribution in [-0.4, -0.2) is 28.1 Å². The lowest BCUT2D eigenvalue weighted by atomic mass is 10.0. The Morgan fingerprint density at radius 1 is 0.630 bits per heavy atom. The van der Waals surface area contributed by atoms with Crippen molar-refractivity contribution < 1.29 is 30.0 Å². The summed E-state index contributed by atoms with van der Waals surface area (Å²) in [4.78, 5) is 0. The number of hydrogen-bond acceptors (Lipinski definition) is 4. The molecular weight excluding hydrogens is 403 g/mol. The van der Waals surface area contributed by atoms with Gasteiger partial charge in [-0.15, -0.1) is 0 Å². The second kappa shape index (κ2) is 13.8. The van der Waals surface area contributed by atoms with Gasteiger partial charge in [-0.05, 0) is 6.42 Å². The quantitative estimate of drug-likeness (QED) is 0.261. The van der Waals surface area contributed by atoms with Crippen molar-refractivity contribution in [1.29, 1.82) is 0 Å². The SMILES string of the molecule is CCCCCCCCCCCCCCCCS(=O)(=O)[N-]S(=O)(=O)C(F)(F)F. The zero-order chi connectivity index (χ0) is 20.8. The van der Waals surface area contributed by atoms with Crippen LogP contribution < -0.4 is 0 Å². The van der Waals surface area contributed by atoms with Gasteiger partial charge in [-0.1, -0.05) is 90.4 Å². The van der Waals surface area contributed by atoms with Crippen molar-refractivity contribution in [2.75, 3.05) is 5.75 Å². The van der Waals surface area contributed by atoms with Crippen LogP contribution in [0.3, 0.4) is 0 Å². The predicted molar refractivity (Wildman–Crippen MR) is 102 cm³/mol. The minimum Gasteiger partial charge on any atom is -0.428 e. The second-order valence-electron chi connectivity index (χ2n) is 6.88. The zero-order valence-corrected chi connectivity index (χ0v) is 17.8. The Balaban J connectivity index is 3.61. The van der Waals surface area contributed by atoms with Gasteiger partial charge in [0.15, 0.2) is 10.0 Å². The van der Waals surface area contributed by atoms with E-state index in [2.05, 4.69) is 6.92 Å². The molecule has 0 aliphatic rings. The van der Waals surface area contributed by atoms with Crippen molar-refractivity contribution in [2.24, 2.45) is 0 Å². The molecule has 0 unspecified atom stereocenters. The van der Waals surface area contributed by atoms with E-state index in [1.165, 1.54) is 51.4 Å². The zero-order valence-electron chi connectivity index (χ0n) is 16.1. The van der Waals surface area contributed by atoms with Crippen LogP contribution in [0.25, 0.3) is 4.13 Å². The standard InChI is InChI=1S/C17H33F3NO4S2/c1-2-3-4-5-6-7-8-9-10-11-12-13-14-15-16-26(22,23)21-27(24,25)17(18,19)20/h2-16H2,1H3/q-1. The first-order valence-corrected chi connectivity index (χ1v) is 12.8. The van der Waals surface area contributed by atoms with Crippen LogP contribution in [0, 0.1) is 0 Å². The normalized spacial score (nSPS) is 13.2. The molecule has 164 valence electrons. The molecule has 0 aromatic rings. The predicted octanol–water partition coefficient (Wildman–Crippen LogP) is 6.02. The summed E-state index contributed by atoms with van der Waals surface area (Å²) in [5, 5.41) is 0. The molecule has 0 aromatic carbocycles. The minimum atomic E-state index is -5.99. The number of rotatable bonds is 17. The fraction of sp³-hybridized carbons (Fsp3) is 1.00. The molecule has 27 heavy (non-hydrogen) atoms. The summed E-state index contributed by atoms with van der Waals surface area (Å²) in [6, 6.07) is 0. The average Bonchev–Trinajstić information content (AvgIpc) is 2.53. The Hall–Kier alpha value is -0.350. The van der Waals surface area contributed by atoms with Crippen LogP contribution in [0.5, 0.6) is 0 Å². The van der Waals surface area contributed by atoms with E-state index in [4.69, 9.17) is 0 Å². The highest BCUT2D eigenvalue weighted by molar-refractivity contribution is 8.12. The Morgan fingerprint density at radius 3 is 1.30 bits per heavy atom. The van der Waals surface area contributed by atoms with Gasteiger partial charge < -0.3 is 4.13 Å². The van der Waals surface area contributed by atoms with Gasteiger partial charge in [-0.3, -0.25) is 0 Å². The lowest BCUT2D eigenvalue weighted by Crippen LogP contribution is -2.25. The van der Waals surface area contributed by atoms with Gasteiger partial charge in [0.2, 0.25) is 0 Å². The van der Waals surface area contributed by atoms with Crippen LogP contribution in [0.15, 0.2) is 0 Å². The lowest BCUT2D eigenvalue weighted by molar-refractivity contribution is -0.0425. The van der Waals surface area contributed by atoms with E-state index in [1.807, 2.05) is 4.13 Å². The van der Waals surface area contributed by atoms with Crippen molar-refractivity contribution in [3.05, 3.63) is 4.13 Å². The molecule has 0 fully saturated rings. The third kappa shape index (κ3) is 14.3. The smallest absolute Gasteiger partial charge is 0.428 e. The van der Waals surface area contributed by atoms with E-state index in [9.17, 15) is 30.0 Å². The molecule has 0 aromatic heterocycles. The fourth-order valence-electron chi connectivity index (χ4n) is 2.71. The molecule has 0 spiro atoms. The number of alkyl halides is 3. The first-order valence-electron chi connectivity index (χ1n) is 9.80. The summed E-state index contributed by atoms with van der Waals surface area (Å²) in [7, 11) is -10.6. The van der Waals surface area contributed by atoms with Gasteiger partial charge in [0, 0.05) is 5.75 Å². The molecule has 0 saturated heterocycles.